The summed E-state index contributed by atoms with van der Waals surface area (Å²) >= 11 is 0. The van der Waals surface area contributed by atoms with Crippen LogP contribution in [-0.4, -0.2) is 5.78 Å². The zero-order valence-corrected chi connectivity index (χ0v) is 13.0. The highest BCUT2D eigenvalue weighted by atomic mass is 19.1. The Bertz CT molecular complexity index is 799. The lowest BCUT2D eigenvalue weighted by Crippen LogP contribution is -2.33. The highest BCUT2D eigenvalue weighted by Crippen LogP contribution is 2.48. The fourth-order valence-corrected chi connectivity index (χ4v) is 3.30. The van der Waals surface area contributed by atoms with Crippen molar-refractivity contribution in [2.45, 2.75) is 32.6 Å². The Morgan fingerprint density at radius 2 is 2.04 bits per heavy atom. The Hall–Kier alpha value is -2.61. The molecule has 0 saturated carbocycles. The number of hydrogen-bond acceptors (Lipinski definition) is 4. The van der Waals surface area contributed by atoms with Gasteiger partial charge in [0.1, 0.15) is 23.2 Å². The number of Topliss-reactive ketones (excluding diaryl/α,β-unsaturated/α-hetero) is 1. The van der Waals surface area contributed by atoms with Crippen molar-refractivity contribution in [2.24, 2.45) is 11.1 Å². The minimum atomic E-state index is -0.798. The van der Waals surface area contributed by atoms with E-state index in [0.29, 0.717) is 24.2 Å². The lowest BCUT2D eigenvalue weighted by Gasteiger charge is -2.37. The number of ether oxygens (including phenoxy) is 1. The second kappa shape index (κ2) is 5.24. The summed E-state index contributed by atoms with van der Waals surface area (Å²) in [6.45, 7) is 3.94. The third-order valence-corrected chi connectivity index (χ3v) is 4.29. The van der Waals surface area contributed by atoms with Crippen LogP contribution in [0.15, 0.2) is 47.1 Å². The van der Waals surface area contributed by atoms with E-state index in [9.17, 15) is 14.4 Å². The Kier molecular flexibility index (Phi) is 3.48. The van der Waals surface area contributed by atoms with E-state index in [4.69, 9.17) is 10.5 Å². The predicted octanol–water partition coefficient (Wildman–Crippen LogP) is 3.28. The molecule has 0 aromatic heterocycles. The van der Waals surface area contributed by atoms with Crippen LogP contribution in [0.1, 0.15) is 38.2 Å². The number of rotatable bonds is 1. The summed E-state index contributed by atoms with van der Waals surface area (Å²) in [4.78, 5) is 12.7. The van der Waals surface area contributed by atoms with Crippen LogP contribution in [0.4, 0.5) is 4.39 Å². The zero-order chi connectivity index (χ0) is 16.8. The molecule has 3 rings (SSSR count). The van der Waals surface area contributed by atoms with Gasteiger partial charge in [-0.2, -0.15) is 5.26 Å². The van der Waals surface area contributed by atoms with E-state index in [-0.39, 0.29) is 28.2 Å². The summed E-state index contributed by atoms with van der Waals surface area (Å²) in [6.07, 6.45) is 0.858. The van der Waals surface area contributed by atoms with Gasteiger partial charge in [0.15, 0.2) is 5.78 Å². The van der Waals surface area contributed by atoms with E-state index in [2.05, 4.69) is 0 Å². The van der Waals surface area contributed by atoms with Crippen molar-refractivity contribution in [1.82, 2.24) is 0 Å². The number of nitrogens with zero attached hydrogens (tertiary/aromatic N) is 1. The summed E-state index contributed by atoms with van der Waals surface area (Å²) < 4.78 is 19.9. The first kappa shape index (κ1) is 15.3. The van der Waals surface area contributed by atoms with E-state index < -0.39 is 11.7 Å². The van der Waals surface area contributed by atoms with Crippen LogP contribution in [0, 0.1) is 22.6 Å². The molecule has 1 atom stereocenters. The molecule has 0 amide bonds. The van der Waals surface area contributed by atoms with Gasteiger partial charge < -0.3 is 10.5 Å². The maximum absolute atomic E-state index is 14.3. The van der Waals surface area contributed by atoms with Crippen LogP contribution >= 0.6 is 0 Å². The largest absolute Gasteiger partial charge is 0.444 e. The van der Waals surface area contributed by atoms with Gasteiger partial charge >= 0.3 is 0 Å². The van der Waals surface area contributed by atoms with Crippen molar-refractivity contribution >= 4 is 5.78 Å². The first-order chi connectivity index (χ1) is 10.8. The van der Waals surface area contributed by atoms with Gasteiger partial charge in [0.2, 0.25) is 5.88 Å². The fraction of sp³-hybridized carbons (Fsp3) is 0.333. The van der Waals surface area contributed by atoms with Crippen molar-refractivity contribution in [3.8, 4) is 6.07 Å². The lowest BCUT2D eigenvalue weighted by molar-refractivity contribution is -0.119. The maximum Gasteiger partial charge on any atom is 0.205 e. The van der Waals surface area contributed by atoms with Crippen LogP contribution in [0.5, 0.6) is 0 Å². The van der Waals surface area contributed by atoms with Gasteiger partial charge in [0.25, 0.3) is 0 Å². The molecule has 1 aliphatic carbocycles. The predicted molar refractivity (Wildman–Crippen MR) is 82.1 cm³/mol. The van der Waals surface area contributed by atoms with Gasteiger partial charge in [-0.1, -0.05) is 32.0 Å². The van der Waals surface area contributed by atoms with Gasteiger partial charge in [-0.25, -0.2) is 4.39 Å². The Morgan fingerprint density at radius 3 is 2.70 bits per heavy atom. The van der Waals surface area contributed by atoms with Crippen molar-refractivity contribution in [1.29, 1.82) is 5.26 Å². The molecule has 118 valence electrons. The van der Waals surface area contributed by atoms with E-state index in [1.165, 1.54) is 6.07 Å². The SMILES string of the molecule is CC1(C)CC(=O)C2=C(C1)OC(N)=C(C#N)C2c1ccccc1F. The van der Waals surface area contributed by atoms with Crippen LogP contribution in [0.2, 0.25) is 0 Å². The van der Waals surface area contributed by atoms with Crippen LogP contribution in [0.3, 0.4) is 0 Å². The number of carbonyl (C=O) groups is 1. The number of hydrogen-bond donors (Lipinski definition) is 1. The topological polar surface area (TPSA) is 76.1 Å². The zero-order valence-electron chi connectivity index (χ0n) is 13.0. The monoisotopic (exact) mass is 312 g/mol. The molecule has 0 fully saturated rings. The second-order valence-electron chi connectivity index (χ2n) is 6.72. The Morgan fingerprint density at radius 1 is 1.35 bits per heavy atom. The fourth-order valence-electron chi connectivity index (χ4n) is 3.30. The molecule has 2 N–H and O–H groups in total. The molecule has 1 unspecified atom stereocenters. The average molecular weight is 312 g/mol. The molecule has 0 spiro atoms. The molecule has 1 heterocycles. The smallest absolute Gasteiger partial charge is 0.205 e. The maximum atomic E-state index is 14.3. The minimum absolute atomic E-state index is 0.0509. The highest BCUT2D eigenvalue weighted by molar-refractivity contribution is 6.00. The van der Waals surface area contributed by atoms with Crippen LogP contribution in [-0.2, 0) is 9.53 Å². The normalized spacial score (nSPS) is 23.2. The van der Waals surface area contributed by atoms with Gasteiger partial charge in [0, 0.05) is 24.0 Å². The lowest BCUT2D eigenvalue weighted by atomic mass is 9.70. The Balaban J connectivity index is 2.22. The summed E-state index contributed by atoms with van der Waals surface area (Å²) in [5.41, 5.74) is 6.35. The summed E-state index contributed by atoms with van der Waals surface area (Å²) in [5.74, 6) is -0.983. The van der Waals surface area contributed by atoms with Gasteiger partial charge in [-0.05, 0) is 11.5 Å². The second-order valence-corrected chi connectivity index (χ2v) is 6.72. The first-order valence-electron chi connectivity index (χ1n) is 7.42. The summed E-state index contributed by atoms with van der Waals surface area (Å²) in [6, 6.07) is 8.12. The summed E-state index contributed by atoms with van der Waals surface area (Å²) in [5, 5.41) is 9.44. The average Bonchev–Trinajstić information content (AvgIpc) is 2.45. The molecule has 4 nitrogen and oxygen atoms in total. The van der Waals surface area contributed by atoms with Gasteiger partial charge in [0.05, 0.1) is 5.92 Å². The third kappa shape index (κ3) is 2.50. The molecule has 1 aromatic carbocycles. The third-order valence-electron chi connectivity index (χ3n) is 4.29. The number of benzene rings is 1. The standard InChI is InChI=1S/C18H17FN2O2/c1-18(2)7-13(22)16-14(8-18)23-17(21)11(9-20)15(16)10-5-3-4-6-12(10)19/h3-6,15H,7-8,21H2,1-2H3. The van der Waals surface area contributed by atoms with E-state index >= 15 is 0 Å². The molecule has 23 heavy (non-hydrogen) atoms. The first-order valence-corrected chi connectivity index (χ1v) is 7.42. The molecule has 2 aliphatic rings. The number of allylic oxidation sites excluding steroid dienone is 3. The molecular formula is C18H17FN2O2. The number of ketones is 1. The molecule has 1 aliphatic heterocycles. The van der Waals surface area contributed by atoms with Crippen molar-refractivity contribution in [3.63, 3.8) is 0 Å². The van der Waals surface area contributed by atoms with E-state index in [1.54, 1.807) is 18.2 Å². The van der Waals surface area contributed by atoms with E-state index in [0.717, 1.165) is 0 Å². The Labute approximate surface area is 134 Å². The minimum Gasteiger partial charge on any atom is -0.444 e. The van der Waals surface area contributed by atoms with Gasteiger partial charge in [-0.3, -0.25) is 4.79 Å². The quantitative estimate of drug-likeness (QED) is 0.863. The highest BCUT2D eigenvalue weighted by Gasteiger charge is 2.43. The van der Waals surface area contributed by atoms with Crippen LogP contribution < -0.4 is 5.73 Å². The van der Waals surface area contributed by atoms with E-state index in [1.807, 2.05) is 19.9 Å². The summed E-state index contributed by atoms with van der Waals surface area (Å²) in [7, 11) is 0. The van der Waals surface area contributed by atoms with Gasteiger partial charge in [-0.15, -0.1) is 0 Å². The number of carbonyl (C=O) groups excluding carboxylic acids is 1. The van der Waals surface area contributed by atoms with Crippen molar-refractivity contribution < 1.29 is 13.9 Å². The number of halogens is 1. The molecule has 0 bridgehead atoms. The van der Waals surface area contributed by atoms with Crippen molar-refractivity contribution in [3.05, 3.63) is 58.4 Å². The van der Waals surface area contributed by atoms with Crippen LogP contribution in [0.25, 0.3) is 0 Å². The molecule has 0 saturated heterocycles. The molecule has 0 radical (unpaired) electrons. The molecule has 1 aromatic rings. The number of nitriles is 1. The number of nitrogens with two attached hydrogens (primary N) is 1. The van der Waals surface area contributed by atoms with Crippen molar-refractivity contribution in [2.75, 3.05) is 0 Å². The molecule has 5 heteroatoms. The molecular weight excluding hydrogens is 295 g/mol.